The summed E-state index contributed by atoms with van der Waals surface area (Å²) in [5.41, 5.74) is 1.43. The van der Waals surface area contributed by atoms with Crippen LogP contribution in [0.2, 0.25) is 0 Å². The van der Waals surface area contributed by atoms with Gasteiger partial charge in [-0.05, 0) is 27.1 Å². The molecule has 94 valence electrons. The molecule has 1 unspecified atom stereocenters. The average molecular weight is 236 g/mol. The first-order valence-corrected chi connectivity index (χ1v) is 5.72. The molecule has 1 amide bonds. The van der Waals surface area contributed by atoms with Crippen LogP contribution in [0.4, 0.5) is 5.69 Å². The van der Waals surface area contributed by atoms with E-state index in [9.17, 15) is 9.90 Å². The lowest BCUT2D eigenvalue weighted by Gasteiger charge is -2.14. The zero-order chi connectivity index (χ0) is 12.8. The standard InChI is InChI=1S/C13H20N2O2/c1-10(16)11-6-4-5-7-12(11)14-13(17)8-9-15(2)3/h4-7,10,16H,8-9H2,1-3H3,(H,14,17). The van der Waals surface area contributed by atoms with Crippen LogP contribution in [0, 0.1) is 0 Å². The summed E-state index contributed by atoms with van der Waals surface area (Å²) in [7, 11) is 3.86. The minimum absolute atomic E-state index is 0.0354. The van der Waals surface area contributed by atoms with Gasteiger partial charge in [-0.25, -0.2) is 0 Å². The van der Waals surface area contributed by atoms with Crippen molar-refractivity contribution < 1.29 is 9.90 Å². The Hall–Kier alpha value is -1.39. The Morgan fingerprint density at radius 1 is 1.41 bits per heavy atom. The average Bonchev–Trinajstić information content (AvgIpc) is 2.27. The molecule has 0 aliphatic heterocycles. The van der Waals surface area contributed by atoms with E-state index in [4.69, 9.17) is 0 Å². The largest absolute Gasteiger partial charge is 0.389 e. The van der Waals surface area contributed by atoms with Crippen LogP contribution in [0.15, 0.2) is 24.3 Å². The minimum atomic E-state index is -0.583. The van der Waals surface area contributed by atoms with E-state index in [0.717, 1.165) is 5.56 Å². The molecular weight excluding hydrogens is 216 g/mol. The van der Waals surface area contributed by atoms with E-state index in [1.807, 2.05) is 37.2 Å². The van der Waals surface area contributed by atoms with E-state index in [1.54, 1.807) is 13.0 Å². The van der Waals surface area contributed by atoms with E-state index >= 15 is 0 Å². The van der Waals surface area contributed by atoms with Crippen LogP contribution >= 0.6 is 0 Å². The third-order valence-electron chi connectivity index (χ3n) is 2.47. The van der Waals surface area contributed by atoms with Crippen LogP contribution < -0.4 is 5.32 Å². The van der Waals surface area contributed by atoms with Gasteiger partial charge in [0.2, 0.25) is 5.91 Å². The van der Waals surface area contributed by atoms with Gasteiger partial charge in [0.05, 0.1) is 6.10 Å². The van der Waals surface area contributed by atoms with Crippen molar-refractivity contribution in [3.8, 4) is 0 Å². The third kappa shape index (κ3) is 4.54. The van der Waals surface area contributed by atoms with Crippen LogP contribution in [0.3, 0.4) is 0 Å². The molecular formula is C13H20N2O2. The molecule has 0 saturated carbocycles. The van der Waals surface area contributed by atoms with Crippen LogP contribution in [0.5, 0.6) is 0 Å². The quantitative estimate of drug-likeness (QED) is 0.817. The Balaban J connectivity index is 2.65. The normalized spacial score (nSPS) is 12.5. The van der Waals surface area contributed by atoms with Crippen LogP contribution in [-0.2, 0) is 4.79 Å². The SMILES string of the molecule is CC(O)c1ccccc1NC(=O)CCN(C)C. The summed E-state index contributed by atoms with van der Waals surface area (Å²) in [6.45, 7) is 2.40. The van der Waals surface area contributed by atoms with Gasteiger partial charge in [0, 0.05) is 24.2 Å². The molecule has 0 aromatic heterocycles. The first-order chi connectivity index (χ1) is 8.00. The number of carbonyl (C=O) groups is 1. The van der Waals surface area contributed by atoms with Crippen molar-refractivity contribution in [1.29, 1.82) is 0 Å². The predicted octanol–water partition coefficient (Wildman–Crippen LogP) is 1.63. The van der Waals surface area contributed by atoms with E-state index in [1.165, 1.54) is 0 Å². The van der Waals surface area contributed by atoms with Crippen molar-refractivity contribution in [3.63, 3.8) is 0 Å². The molecule has 17 heavy (non-hydrogen) atoms. The molecule has 0 aliphatic rings. The summed E-state index contributed by atoms with van der Waals surface area (Å²) >= 11 is 0. The maximum Gasteiger partial charge on any atom is 0.225 e. The van der Waals surface area contributed by atoms with Crippen molar-refractivity contribution in [3.05, 3.63) is 29.8 Å². The number of anilines is 1. The number of carbonyl (C=O) groups excluding carboxylic acids is 1. The Labute approximate surface area is 102 Å². The number of hydrogen-bond acceptors (Lipinski definition) is 3. The van der Waals surface area contributed by atoms with Crippen molar-refractivity contribution >= 4 is 11.6 Å². The zero-order valence-corrected chi connectivity index (χ0v) is 10.6. The fourth-order valence-electron chi connectivity index (χ4n) is 1.51. The molecule has 0 saturated heterocycles. The summed E-state index contributed by atoms with van der Waals surface area (Å²) in [5, 5.41) is 12.4. The van der Waals surface area contributed by atoms with Gasteiger partial charge < -0.3 is 15.3 Å². The summed E-state index contributed by atoms with van der Waals surface area (Å²) in [6, 6.07) is 7.30. The van der Waals surface area contributed by atoms with Crippen LogP contribution in [-0.4, -0.2) is 36.6 Å². The second-order valence-corrected chi connectivity index (χ2v) is 4.36. The van der Waals surface area contributed by atoms with Crippen LogP contribution in [0.1, 0.15) is 25.0 Å². The van der Waals surface area contributed by atoms with Crippen molar-refractivity contribution in [2.24, 2.45) is 0 Å². The van der Waals surface area contributed by atoms with Gasteiger partial charge in [-0.1, -0.05) is 18.2 Å². The molecule has 0 heterocycles. The highest BCUT2D eigenvalue weighted by Gasteiger charge is 2.09. The first kappa shape index (κ1) is 13.7. The zero-order valence-electron chi connectivity index (χ0n) is 10.6. The van der Waals surface area contributed by atoms with Crippen molar-refractivity contribution in [2.45, 2.75) is 19.4 Å². The lowest BCUT2D eigenvalue weighted by molar-refractivity contribution is -0.116. The number of nitrogens with one attached hydrogen (secondary N) is 1. The maximum atomic E-state index is 11.7. The van der Waals surface area contributed by atoms with Gasteiger partial charge >= 0.3 is 0 Å². The molecule has 2 N–H and O–H groups in total. The fraction of sp³-hybridized carbons (Fsp3) is 0.462. The summed E-state index contributed by atoms with van der Waals surface area (Å²) in [6.07, 6.45) is -0.137. The molecule has 4 heteroatoms. The van der Waals surface area contributed by atoms with Gasteiger partial charge in [-0.15, -0.1) is 0 Å². The molecule has 1 aromatic rings. The lowest BCUT2D eigenvalue weighted by atomic mass is 10.1. The molecule has 1 atom stereocenters. The van der Waals surface area contributed by atoms with Gasteiger partial charge in [0.25, 0.3) is 0 Å². The van der Waals surface area contributed by atoms with Gasteiger partial charge in [0.15, 0.2) is 0 Å². The lowest BCUT2D eigenvalue weighted by Crippen LogP contribution is -2.21. The second kappa shape index (κ2) is 6.37. The van der Waals surface area contributed by atoms with E-state index in [0.29, 0.717) is 18.7 Å². The fourth-order valence-corrected chi connectivity index (χ4v) is 1.51. The highest BCUT2D eigenvalue weighted by Crippen LogP contribution is 2.22. The molecule has 0 spiro atoms. The van der Waals surface area contributed by atoms with E-state index in [2.05, 4.69) is 5.32 Å². The third-order valence-corrected chi connectivity index (χ3v) is 2.47. The molecule has 0 fully saturated rings. The number of para-hydroxylation sites is 1. The van der Waals surface area contributed by atoms with E-state index in [-0.39, 0.29) is 5.91 Å². The van der Waals surface area contributed by atoms with Crippen molar-refractivity contribution in [2.75, 3.05) is 26.0 Å². The Morgan fingerprint density at radius 2 is 2.06 bits per heavy atom. The highest BCUT2D eigenvalue weighted by molar-refractivity contribution is 5.91. The number of rotatable bonds is 5. The molecule has 1 rings (SSSR count). The van der Waals surface area contributed by atoms with Crippen molar-refractivity contribution in [1.82, 2.24) is 4.90 Å². The number of benzene rings is 1. The van der Waals surface area contributed by atoms with Gasteiger partial charge in [-0.3, -0.25) is 4.79 Å². The maximum absolute atomic E-state index is 11.7. The summed E-state index contributed by atoms with van der Waals surface area (Å²) in [5.74, 6) is -0.0354. The highest BCUT2D eigenvalue weighted by atomic mass is 16.3. The number of amides is 1. The monoisotopic (exact) mass is 236 g/mol. The number of nitrogens with zero attached hydrogens (tertiary/aromatic N) is 1. The molecule has 0 radical (unpaired) electrons. The molecule has 4 nitrogen and oxygen atoms in total. The number of aliphatic hydroxyl groups excluding tert-OH is 1. The van der Waals surface area contributed by atoms with Gasteiger partial charge in [-0.2, -0.15) is 0 Å². The molecule has 0 bridgehead atoms. The Morgan fingerprint density at radius 3 is 2.65 bits per heavy atom. The van der Waals surface area contributed by atoms with E-state index < -0.39 is 6.10 Å². The Bertz CT molecular complexity index is 375. The Kier molecular flexibility index (Phi) is 5.12. The molecule has 1 aromatic carbocycles. The number of aliphatic hydroxyl groups is 1. The van der Waals surface area contributed by atoms with Gasteiger partial charge in [0.1, 0.15) is 0 Å². The molecule has 0 aliphatic carbocycles. The summed E-state index contributed by atoms with van der Waals surface area (Å²) < 4.78 is 0. The first-order valence-electron chi connectivity index (χ1n) is 5.72. The van der Waals surface area contributed by atoms with Crippen LogP contribution in [0.25, 0.3) is 0 Å². The minimum Gasteiger partial charge on any atom is -0.389 e. The summed E-state index contributed by atoms with van der Waals surface area (Å²) in [4.78, 5) is 13.6. The number of hydrogen-bond donors (Lipinski definition) is 2. The second-order valence-electron chi connectivity index (χ2n) is 4.36. The smallest absolute Gasteiger partial charge is 0.225 e. The predicted molar refractivity (Wildman–Crippen MR) is 68.9 cm³/mol. The topological polar surface area (TPSA) is 52.6 Å².